The number of aliphatic hydroxyl groups is 2. The van der Waals surface area contributed by atoms with Crippen LogP contribution in [0.25, 0.3) is 0 Å². The fourth-order valence-corrected chi connectivity index (χ4v) is 3.57. The molecule has 1 heterocycles. The summed E-state index contributed by atoms with van der Waals surface area (Å²) in [6.45, 7) is 4.67. The van der Waals surface area contributed by atoms with Gasteiger partial charge in [-0.2, -0.15) is 0 Å². The minimum Gasteiger partial charge on any atom is -0.390 e. The molecule has 3 atom stereocenters. The zero-order valence-electron chi connectivity index (χ0n) is 11.8. The summed E-state index contributed by atoms with van der Waals surface area (Å²) in [5.41, 5.74) is 0.0127. The number of ether oxygens (including phenoxy) is 1. The van der Waals surface area contributed by atoms with Crippen LogP contribution in [0.5, 0.6) is 0 Å². The first kappa shape index (κ1) is 14.3. The van der Waals surface area contributed by atoms with E-state index in [0.717, 1.165) is 32.3 Å². The predicted molar refractivity (Wildman–Crippen MR) is 71.3 cm³/mol. The summed E-state index contributed by atoms with van der Waals surface area (Å²) in [5, 5.41) is 20.4. The van der Waals surface area contributed by atoms with Crippen LogP contribution in [0.2, 0.25) is 0 Å². The molecule has 1 saturated heterocycles. The van der Waals surface area contributed by atoms with Crippen LogP contribution >= 0.6 is 0 Å². The van der Waals surface area contributed by atoms with E-state index in [1.807, 2.05) is 13.8 Å². The second-order valence-corrected chi connectivity index (χ2v) is 6.57. The summed E-state index contributed by atoms with van der Waals surface area (Å²) < 4.78 is 6.03. The minimum absolute atomic E-state index is 0.0127. The van der Waals surface area contributed by atoms with Gasteiger partial charge >= 0.3 is 0 Å². The van der Waals surface area contributed by atoms with Gasteiger partial charge in [-0.1, -0.05) is 33.1 Å². The quantitative estimate of drug-likeness (QED) is 0.815. The topological polar surface area (TPSA) is 49.7 Å². The summed E-state index contributed by atoms with van der Waals surface area (Å²) in [5.74, 6) is 0.319. The highest BCUT2D eigenvalue weighted by molar-refractivity contribution is 4.93. The Morgan fingerprint density at radius 3 is 2.39 bits per heavy atom. The van der Waals surface area contributed by atoms with Crippen LogP contribution in [-0.2, 0) is 4.74 Å². The van der Waals surface area contributed by atoms with Crippen LogP contribution in [0, 0.1) is 11.8 Å². The molecule has 3 nitrogen and oxygen atoms in total. The summed E-state index contributed by atoms with van der Waals surface area (Å²) in [4.78, 5) is 0. The highest BCUT2D eigenvalue weighted by Crippen LogP contribution is 2.42. The monoisotopic (exact) mass is 256 g/mol. The van der Waals surface area contributed by atoms with E-state index in [-0.39, 0.29) is 17.4 Å². The first-order chi connectivity index (χ1) is 8.54. The lowest BCUT2D eigenvalue weighted by molar-refractivity contribution is -0.149. The van der Waals surface area contributed by atoms with E-state index in [0.29, 0.717) is 0 Å². The average Bonchev–Trinajstić information content (AvgIpc) is 2.38. The van der Waals surface area contributed by atoms with Crippen molar-refractivity contribution in [1.29, 1.82) is 0 Å². The van der Waals surface area contributed by atoms with E-state index in [9.17, 15) is 10.2 Å². The van der Waals surface area contributed by atoms with Crippen molar-refractivity contribution < 1.29 is 14.9 Å². The Kier molecular flexibility index (Phi) is 4.68. The molecule has 2 rings (SSSR count). The fraction of sp³-hybridized carbons (Fsp3) is 1.00. The van der Waals surface area contributed by atoms with Crippen molar-refractivity contribution in [3.05, 3.63) is 0 Å². The highest BCUT2D eigenvalue weighted by atomic mass is 16.5. The Labute approximate surface area is 111 Å². The minimum atomic E-state index is -0.603. The van der Waals surface area contributed by atoms with Crippen LogP contribution in [0.3, 0.4) is 0 Å². The van der Waals surface area contributed by atoms with Crippen LogP contribution in [0.15, 0.2) is 0 Å². The third-order valence-electron chi connectivity index (χ3n) is 4.81. The molecule has 106 valence electrons. The molecular weight excluding hydrogens is 228 g/mol. The molecule has 0 aromatic rings. The molecule has 0 radical (unpaired) electrons. The van der Waals surface area contributed by atoms with Gasteiger partial charge in [-0.15, -0.1) is 0 Å². The van der Waals surface area contributed by atoms with Crippen LogP contribution in [-0.4, -0.2) is 34.6 Å². The summed E-state index contributed by atoms with van der Waals surface area (Å²) >= 11 is 0. The molecule has 2 N–H and O–H groups in total. The van der Waals surface area contributed by atoms with Gasteiger partial charge < -0.3 is 14.9 Å². The van der Waals surface area contributed by atoms with Crippen molar-refractivity contribution in [1.82, 2.24) is 0 Å². The van der Waals surface area contributed by atoms with Gasteiger partial charge in [0.1, 0.15) is 0 Å². The van der Waals surface area contributed by atoms with Gasteiger partial charge in [0.2, 0.25) is 0 Å². The lowest BCUT2D eigenvalue weighted by Crippen LogP contribution is -2.47. The van der Waals surface area contributed by atoms with Gasteiger partial charge in [0.15, 0.2) is 0 Å². The summed E-state index contributed by atoms with van der Waals surface area (Å²) in [6, 6.07) is 0. The third-order valence-corrected chi connectivity index (χ3v) is 4.81. The maximum Gasteiger partial charge on any atom is 0.0831 e. The molecule has 0 aromatic heterocycles. The average molecular weight is 256 g/mol. The van der Waals surface area contributed by atoms with E-state index in [2.05, 4.69) is 0 Å². The lowest BCUT2D eigenvalue weighted by atomic mass is 9.73. The van der Waals surface area contributed by atoms with E-state index in [1.165, 1.54) is 19.3 Å². The van der Waals surface area contributed by atoms with Gasteiger partial charge in [0, 0.05) is 6.61 Å². The van der Waals surface area contributed by atoms with Crippen molar-refractivity contribution >= 4 is 0 Å². The molecule has 0 amide bonds. The lowest BCUT2D eigenvalue weighted by Gasteiger charge is -2.45. The smallest absolute Gasteiger partial charge is 0.0831 e. The maximum atomic E-state index is 10.3. The number of hydrogen-bond acceptors (Lipinski definition) is 3. The Morgan fingerprint density at radius 2 is 1.78 bits per heavy atom. The van der Waals surface area contributed by atoms with Gasteiger partial charge in [0.05, 0.1) is 17.8 Å². The Hall–Kier alpha value is -0.120. The van der Waals surface area contributed by atoms with Crippen LogP contribution in [0.4, 0.5) is 0 Å². The van der Waals surface area contributed by atoms with E-state index in [4.69, 9.17) is 4.74 Å². The first-order valence-electron chi connectivity index (χ1n) is 7.54. The molecule has 18 heavy (non-hydrogen) atoms. The third kappa shape index (κ3) is 3.06. The van der Waals surface area contributed by atoms with E-state index in [1.54, 1.807) is 0 Å². The van der Waals surface area contributed by atoms with Gasteiger partial charge in [-0.05, 0) is 37.5 Å². The Balaban J connectivity index is 1.97. The molecule has 3 unspecified atom stereocenters. The van der Waals surface area contributed by atoms with Crippen LogP contribution in [0.1, 0.15) is 58.8 Å². The van der Waals surface area contributed by atoms with Gasteiger partial charge in [-0.3, -0.25) is 0 Å². The van der Waals surface area contributed by atoms with Crippen molar-refractivity contribution in [2.75, 3.05) is 6.61 Å². The molecule has 0 aromatic carbocycles. The highest BCUT2D eigenvalue weighted by Gasteiger charge is 2.42. The first-order valence-corrected chi connectivity index (χ1v) is 7.54. The van der Waals surface area contributed by atoms with Crippen molar-refractivity contribution in [3.63, 3.8) is 0 Å². The normalized spacial score (nSPS) is 31.5. The summed E-state index contributed by atoms with van der Waals surface area (Å²) in [6.07, 6.45) is 6.69. The summed E-state index contributed by atoms with van der Waals surface area (Å²) in [7, 11) is 0. The van der Waals surface area contributed by atoms with E-state index < -0.39 is 12.2 Å². The predicted octanol–water partition coefficient (Wildman–Crippen LogP) is 2.49. The second kappa shape index (κ2) is 5.89. The molecule has 1 spiro atoms. The van der Waals surface area contributed by atoms with Crippen molar-refractivity contribution in [3.8, 4) is 0 Å². The zero-order chi connectivity index (χ0) is 13.2. The fourth-order valence-electron chi connectivity index (χ4n) is 3.57. The standard InChI is InChI=1S/C15H28O3/c1-11(2)13(16)14(17)12-6-9-18-15(10-12)7-4-3-5-8-15/h11-14,16-17H,3-10H2,1-2H3. The molecular formula is C15H28O3. The largest absolute Gasteiger partial charge is 0.390 e. The van der Waals surface area contributed by atoms with Crippen molar-refractivity contribution in [2.24, 2.45) is 11.8 Å². The Bertz CT molecular complexity index is 253. The molecule has 0 bridgehead atoms. The molecule has 1 aliphatic heterocycles. The SMILES string of the molecule is CC(C)C(O)C(O)C1CCOC2(CCCCC2)C1. The zero-order valence-corrected chi connectivity index (χ0v) is 11.8. The molecule has 3 heteroatoms. The Morgan fingerprint density at radius 1 is 1.11 bits per heavy atom. The number of rotatable bonds is 3. The molecule has 1 saturated carbocycles. The van der Waals surface area contributed by atoms with Crippen LogP contribution < -0.4 is 0 Å². The molecule has 2 aliphatic rings. The molecule has 1 aliphatic carbocycles. The van der Waals surface area contributed by atoms with Crippen molar-refractivity contribution in [2.45, 2.75) is 76.6 Å². The maximum absolute atomic E-state index is 10.3. The molecule has 2 fully saturated rings. The number of aliphatic hydroxyl groups excluding tert-OH is 2. The van der Waals surface area contributed by atoms with Gasteiger partial charge in [0.25, 0.3) is 0 Å². The second-order valence-electron chi connectivity index (χ2n) is 6.57. The van der Waals surface area contributed by atoms with E-state index >= 15 is 0 Å². The van der Waals surface area contributed by atoms with Gasteiger partial charge in [-0.25, -0.2) is 0 Å². The number of hydrogen-bond donors (Lipinski definition) is 2.